The van der Waals surface area contributed by atoms with Gasteiger partial charge in [-0.3, -0.25) is 9.48 Å². The van der Waals surface area contributed by atoms with Crippen LogP contribution in [0.4, 0.5) is 0 Å². The molecule has 1 aliphatic heterocycles. The highest BCUT2D eigenvalue weighted by atomic mass is 35.5. The SMILES string of the molecule is Cl.Cl.O=C(NCc1nc2c(s1)CCCC2)C1(n2cccn2)CCNCC1. The molecule has 1 saturated heterocycles. The van der Waals surface area contributed by atoms with Gasteiger partial charge in [0.1, 0.15) is 10.5 Å². The molecule has 2 N–H and O–H groups in total. The molecule has 0 bridgehead atoms. The molecule has 1 aliphatic carbocycles. The minimum absolute atomic E-state index is 0. The Labute approximate surface area is 170 Å². The molecule has 0 radical (unpaired) electrons. The normalized spacial score (nSPS) is 18.2. The van der Waals surface area contributed by atoms with Crippen LogP contribution >= 0.6 is 36.2 Å². The minimum atomic E-state index is -0.578. The standard InChI is InChI=1S/C17H23N5OS.2ClH/c23-16(17(6-9-18-10-7-17)22-11-3-8-20-22)19-12-15-21-13-4-1-2-5-14(13)24-15;;/h3,8,11,18H,1-2,4-7,9-10,12H2,(H,19,23);2*1H. The lowest BCUT2D eigenvalue weighted by Gasteiger charge is -2.36. The first-order valence-corrected chi connectivity index (χ1v) is 9.56. The van der Waals surface area contributed by atoms with E-state index in [0.29, 0.717) is 6.54 Å². The predicted molar refractivity (Wildman–Crippen MR) is 107 cm³/mol. The lowest BCUT2D eigenvalue weighted by atomic mass is 9.87. The summed E-state index contributed by atoms with van der Waals surface area (Å²) in [5, 5.41) is 11.8. The first-order chi connectivity index (χ1) is 11.8. The fourth-order valence-corrected chi connectivity index (χ4v) is 4.82. The van der Waals surface area contributed by atoms with Crippen LogP contribution in [0.2, 0.25) is 0 Å². The summed E-state index contributed by atoms with van der Waals surface area (Å²) in [6, 6.07) is 1.88. The molecule has 3 heterocycles. The largest absolute Gasteiger partial charge is 0.347 e. The third kappa shape index (κ3) is 4.06. The second-order valence-corrected chi connectivity index (χ2v) is 7.77. The van der Waals surface area contributed by atoms with Crippen molar-refractivity contribution in [3.63, 3.8) is 0 Å². The molecule has 0 spiro atoms. The summed E-state index contributed by atoms with van der Waals surface area (Å²) >= 11 is 1.76. The average molecular weight is 418 g/mol. The van der Waals surface area contributed by atoms with Crippen LogP contribution in [0.3, 0.4) is 0 Å². The molecule has 0 unspecified atom stereocenters. The molecule has 1 amide bonds. The fourth-order valence-electron chi connectivity index (χ4n) is 3.72. The van der Waals surface area contributed by atoms with Gasteiger partial charge in [-0.1, -0.05) is 0 Å². The summed E-state index contributed by atoms with van der Waals surface area (Å²) in [5.74, 6) is 0.0564. The third-order valence-electron chi connectivity index (χ3n) is 5.09. The minimum Gasteiger partial charge on any atom is -0.347 e. The molecule has 0 aromatic carbocycles. The van der Waals surface area contributed by atoms with Crippen LogP contribution < -0.4 is 10.6 Å². The Balaban J connectivity index is 0.00000121. The van der Waals surface area contributed by atoms with Gasteiger partial charge in [0, 0.05) is 17.3 Å². The topological polar surface area (TPSA) is 71.8 Å². The molecule has 1 fully saturated rings. The van der Waals surface area contributed by atoms with E-state index in [1.807, 2.05) is 16.9 Å². The van der Waals surface area contributed by atoms with Crippen LogP contribution in [0.5, 0.6) is 0 Å². The van der Waals surface area contributed by atoms with Crippen LogP contribution in [0, 0.1) is 0 Å². The van der Waals surface area contributed by atoms with Crippen LogP contribution in [0.25, 0.3) is 0 Å². The molecule has 0 atom stereocenters. The lowest BCUT2D eigenvalue weighted by molar-refractivity contribution is -0.132. The Hall–Kier alpha value is -1.15. The Morgan fingerprint density at radius 2 is 2.04 bits per heavy atom. The molecular weight excluding hydrogens is 393 g/mol. The zero-order valence-electron chi connectivity index (χ0n) is 14.6. The summed E-state index contributed by atoms with van der Waals surface area (Å²) in [6.45, 7) is 2.19. The quantitative estimate of drug-likeness (QED) is 0.800. The molecule has 2 aliphatic rings. The van der Waals surface area contributed by atoms with Crippen molar-refractivity contribution in [3.05, 3.63) is 34.0 Å². The molecule has 2 aromatic heterocycles. The number of nitrogens with one attached hydrogen (secondary N) is 2. The number of hydrogen-bond donors (Lipinski definition) is 2. The van der Waals surface area contributed by atoms with E-state index < -0.39 is 5.54 Å². The van der Waals surface area contributed by atoms with Crippen LogP contribution in [0.1, 0.15) is 41.3 Å². The van der Waals surface area contributed by atoms with Crippen molar-refractivity contribution in [2.45, 2.75) is 50.6 Å². The van der Waals surface area contributed by atoms with E-state index in [1.165, 1.54) is 23.4 Å². The van der Waals surface area contributed by atoms with E-state index in [4.69, 9.17) is 4.98 Å². The molecule has 6 nitrogen and oxygen atoms in total. The van der Waals surface area contributed by atoms with Gasteiger partial charge in [-0.2, -0.15) is 5.10 Å². The summed E-state index contributed by atoms with van der Waals surface area (Å²) in [7, 11) is 0. The highest BCUT2D eigenvalue weighted by Crippen LogP contribution is 2.29. The van der Waals surface area contributed by atoms with E-state index >= 15 is 0 Å². The number of halogens is 2. The number of amides is 1. The van der Waals surface area contributed by atoms with E-state index in [9.17, 15) is 4.79 Å². The predicted octanol–water partition coefficient (Wildman–Crippen LogP) is 2.46. The molecule has 9 heteroatoms. The summed E-state index contributed by atoms with van der Waals surface area (Å²) in [5.41, 5.74) is 0.671. The van der Waals surface area contributed by atoms with Gasteiger partial charge in [-0.25, -0.2) is 4.98 Å². The number of fused-ring (bicyclic) bond motifs is 1. The van der Waals surface area contributed by atoms with Crippen LogP contribution in [0.15, 0.2) is 18.5 Å². The van der Waals surface area contributed by atoms with Crippen molar-refractivity contribution >= 4 is 42.1 Å². The second-order valence-electron chi connectivity index (χ2n) is 6.60. The Morgan fingerprint density at radius 3 is 2.73 bits per heavy atom. The van der Waals surface area contributed by atoms with Gasteiger partial charge in [0.2, 0.25) is 5.91 Å². The number of rotatable bonds is 4. The smallest absolute Gasteiger partial charge is 0.248 e. The van der Waals surface area contributed by atoms with E-state index in [1.54, 1.807) is 17.5 Å². The van der Waals surface area contributed by atoms with Crippen molar-refractivity contribution in [2.24, 2.45) is 0 Å². The summed E-state index contributed by atoms with van der Waals surface area (Å²) in [6.07, 6.45) is 9.88. The van der Waals surface area contributed by atoms with Gasteiger partial charge in [0.25, 0.3) is 0 Å². The number of hydrogen-bond acceptors (Lipinski definition) is 5. The van der Waals surface area contributed by atoms with Crippen LogP contribution in [-0.4, -0.2) is 33.8 Å². The monoisotopic (exact) mass is 417 g/mol. The zero-order chi connectivity index (χ0) is 16.4. The number of nitrogens with zero attached hydrogens (tertiary/aromatic N) is 3. The van der Waals surface area contributed by atoms with Crippen molar-refractivity contribution in [2.75, 3.05) is 13.1 Å². The Kier molecular flexibility index (Phi) is 7.46. The molecule has 4 rings (SSSR count). The van der Waals surface area contributed by atoms with Gasteiger partial charge in [-0.15, -0.1) is 36.2 Å². The molecule has 0 saturated carbocycles. The highest BCUT2D eigenvalue weighted by Gasteiger charge is 2.41. The summed E-state index contributed by atoms with van der Waals surface area (Å²) < 4.78 is 1.83. The van der Waals surface area contributed by atoms with Gasteiger partial charge < -0.3 is 10.6 Å². The Bertz CT molecular complexity index is 689. The van der Waals surface area contributed by atoms with Gasteiger partial charge in [0.05, 0.1) is 12.2 Å². The fraction of sp³-hybridized carbons (Fsp3) is 0.588. The van der Waals surface area contributed by atoms with Crippen molar-refractivity contribution in [3.8, 4) is 0 Å². The van der Waals surface area contributed by atoms with Gasteiger partial charge in [-0.05, 0) is 57.7 Å². The number of thiazole rings is 1. The van der Waals surface area contributed by atoms with Crippen LogP contribution in [-0.2, 0) is 29.7 Å². The number of carbonyl (C=O) groups excluding carboxylic acids is 1. The number of carbonyl (C=O) groups is 1. The zero-order valence-corrected chi connectivity index (χ0v) is 17.0. The van der Waals surface area contributed by atoms with E-state index in [-0.39, 0.29) is 30.7 Å². The van der Waals surface area contributed by atoms with Gasteiger partial charge >= 0.3 is 0 Å². The molecular formula is C17H25Cl2N5OS. The van der Waals surface area contributed by atoms with Crippen molar-refractivity contribution in [1.82, 2.24) is 25.4 Å². The number of aromatic nitrogens is 3. The third-order valence-corrected chi connectivity index (χ3v) is 6.24. The van der Waals surface area contributed by atoms with Gasteiger partial charge in [0.15, 0.2) is 0 Å². The number of aryl methyl sites for hydroxylation is 2. The Morgan fingerprint density at radius 1 is 1.27 bits per heavy atom. The highest BCUT2D eigenvalue weighted by molar-refractivity contribution is 7.11. The second kappa shape index (κ2) is 9.17. The maximum absolute atomic E-state index is 13.0. The maximum atomic E-state index is 13.0. The van der Waals surface area contributed by atoms with Crippen molar-refractivity contribution < 1.29 is 4.79 Å². The molecule has 144 valence electrons. The van der Waals surface area contributed by atoms with Crippen molar-refractivity contribution in [1.29, 1.82) is 0 Å². The van der Waals surface area contributed by atoms with E-state index in [0.717, 1.165) is 43.8 Å². The lowest BCUT2D eigenvalue weighted by Crippen LogP contribution is -2.54. The maximum Gasteiger partial charge on any atom is 0.248 e. The number of piperidine rings is 1. The first-order valence-electron chi connectivity index (χ1n) is 8.74. The van der Waals surface area contributed by atoms with E-state index in [2.05, 4.69) is 15.7 Å². The molecule has 26 heavy (non-hydrogen) atoms. The average Bonchev–Trinajstić information content (AvgIpc) is 3.29. The summed E-state index contributed by atoms with van der Waals surface area (Å²) in [4.78, 5) is 19.1. The first kappa shape index (κ1) is 21.2. The molecule has 2 aromatic rings.